The van der Waals surface area contributed by atoms with E-state index in [2.05, 4.69) is 44.3 Å². The predicted octanol–water partition coefficient (Wildman–Crippen LogP) is 3.94. The number of halogens is 1. The molecule has 1 aliphatic heterocycles. The van der Waals surface area contributed by atoms with Crippen LogP contribution < -0.4 is 10.2 Å². The van der Waals surface area contributed by atoms with Gasteiger partial charge in [-0.25, -0.2) is 0 Å². The van der Waals surface area contributed by atoms with Gasteiger partial charge in [0.05, 0.1) is 0 Å². The first-order valence-corrected chi connectivity index (χ1v) is 7.78. The molecule has 0 atom stereocenters. The normalized spacial score (nSPS) is 17.3. The molecule has 1 aliphatic rings. The number of nitrogens with zero attached hydrogens (tertiary/aromatic N) is 1. The SMILES string of the molecule is CNCc1ccc(Br)cc1N1CCCCCCC1. The molecule has 0 radical (unpaired) electrons. The van der Waals surface area contributed by atoms with E-state index in [-0.39, 0.29) is 0 Å². The minimum Gasteiger partial charge on any atom is -0.371 e. The van der Waals surface area contributed by atoms with Crippen LogP contribution in [0.2, 0.25) is 0 Å². The Morgan fingerprint density at radius 1 is 1.11 bits per heavy atom. The van der Waals surface area contributed by atoms with Crippen molar-refractivity contribution in [3.8, 4) is 0 Å². The molecule has 18 heavy (non-hydrogen) atoms. The molecule has 1 aromatic rings. The van der Waals surface area contributed by atoms with Gasteiger partial charge < -0.3 is 10.2 Å². The highest BCUT2D eigenvalue weighted by Gasteiger charge is 2.13. The van der Waals surface area contributed by atoms with Gasteiger partial charge in [0.15, 0.2) is 0 Å². The average Bonchev–Trinajstić information content (AvgIpc) is 2.32. The first-order valence-electron chi connectivity index (χ1n) is 6.99. The van der Waals surface area contributed by atoms with Gasteiger partial charge in [-0.3, -0.25) is 0 Å². The van der Waals surface area contributed by atoms with Crippen LogP contribution in [-0.2, 0) is 6.54 Å². The van der Waals surface area contributed by atoms with E-state index in [1.54, 1.807) is 0 Å². The molecule has 3 heteroatoms. The van der Waals surface area contributed by atoms with Gasteiger partial charge in [0.1, 0.15) is 0 Å². The molecule has 0 amide bonds. The molecule has 1 N–H and O–H groups in total. The van der Waals surface area contributed by atoms with E-state index in [4.69, 9.17) is 0 Å². The number of hydrogen-bond acceptors (Lipinski definition) is 2. The molecule has 0 saturated carbocycles. The molecule has 100 valence electrons. The predicted molar refractivity (Wildman–Crippen MR) is 82.2 cm³/mol. The van der Waals surface area contributed by atoms with Crippen molar-refractivity contribution >= 4 is 21.6 Å². The summed E-state index contributed by atoms with van der Waals surface area (Å²) < 4.78 is 1.18. The molecule has 1 fully saturated rings. The molecular formula is C15H23BrN2. The first-order chi connectivity index (χ1) is 8.81. The van der Waals surface area contributed by atoms with Crippen molar-refractivity contribution in [3.63, 3.8) is 0 Å². The molecule has 2 nitrogen and oxygen atoms in total. The lowest BCUT2D eigenvalue weighted by molar-refractivity contribution is 0.555. The minimum atomic E-state index is 0.944. The van der Waals surface area contributed by atoms with Gasteiger partial charge in [0.2, 0.25) is 0 Å². The van der Waals surface area contributed by atoms with Gasteiger partial charge >= 0.3 is 0 Å². The Kier molecular flexibility index (Phi) is 5.51. The highest BCUT2D eigenvalue weighted by atomic mass is 79.9. The van der Waals surface area contributed by atoms with Gasteiger partial charge in [-0.1, -0.05) is 41.3 Å². The lowest BCUT2D eigenvalue weighted by atomic mass is 10.1. The fourth-order valence-electron chi connectivity index (χ4n) is 2.66. The van der Waals surface area contributed by atoms with Crippen LogP contribution >= 0.6 is 15.9 Å². The third kappa shape index (κ3) is 3.72. The zero-order chi connectivity index (χ0) is 12.8. The summed E-state index contributed by atoms with van der Waals surface area (Å²) in [5, 5.41) is 3.27. The van der Waals surface area contributed by atoms with Crippen molar-refractivity contribution in [2.24, 2.45) is 0 Å². The summed E-state index contributed by atoms with van der Waals surface area (Å²) in [6.07, 6.45) is 6.82. The van der Waals surface area contributed by atoms with Crippen LogP contribution in [0.15, 0.2) is 22.7 Å². The van der Waals surface area contributed by atoms with Crippen LogP contribution in [0.3, 0.4) is 0 Å². The molecule has 1 aromatic carbocycles. The molecule has 0 spiro atoms. The Morgan fingerprint density at radius 2 is 1.78 bits per heavy atom. The summed E-state index contributed by atoms with van der Waals surface area (Å²) in [4.78, 5) is 2.57. The van der Waals surface area contributed by atoms with E-state index in [0.29, 0.717) is 0 Å². The third-order valence-electron chi connectivity index (χ3n) is 3.61. The second-order valence-electron chi connectivity index (χ2n) is 5.06. The van der Waals surface area contributed by atoms with Crippen molar-refractivity contribution in [2.45, 2.75) is 38.6 Å². The average molecular weight is 311 g/mol. The molecule has 0 aromatic heterocycles. The van der Waals surface area contributed by atoms with Crippen LogP contribution in [-0.4, -0.2) is 20.1 Å². The van der Waals surface area contributed by atoms with Gasteiger partial charge in [0, 0.05) is 29.8 Å². The first kappa shape index (κ1) is 13.9. The van der Waals surface area contributed by atoms with Crippen LogP contribution in [0.25, 0.3) is 0 Å². The largest absolute Gasteiger partial charge is 0.371 e. The van der Waals surface area contributed by atoms with Crippen LogP contribution in [0.1, 0.15) is 37.7 Å². The molecule has 0 aliphatic carbocycles. The maximum atomic E-state index is 3.60. The van der Waals surface area contributed by atoms with E-state index in [1.165, 1.54) is 60.9 Å². The second kappa shape index (κ2) is 7.15. The van der Waals surface area contributed by atoms with E-state index >= 15 is 0 Å². The molecule has 0 unspecified atom stereocenters. The Labute approximate surface area is 119 Å². The Morgan fingerprint density at radius 3 is 2.44 bits per heavy atom. The molecule has 1 heterocycles. The monoisotopic (exact) mass is 310 g/mol. The highest BCUT2D eigenvalue weighted by Crippen LogP contribution is 2.27. The van der Waals surface area contributed by atoms with Gasteiger partial charge in [-0.2, -0.15) is 0 Å². The maximum Gasteiger partial charge on any atom is 0.0423 e. The van der Waals surface area contributed by atoms with Crippen molar-refractivity contribution in [2.75, 3.05) is 25.0 Å². The van der Waals surface area contributed by atoms with Crippen molar-refractivity contribution in [1.82, 2.24) is 5.32 Å². The fourth-order valence-corrected chi connectivity index (χ4v) is 3.01. The van der Waals surface area contributed by atoms with Crippen LogP contribution in [0, 0.1) is 0 Å². The summed E-state index contributed by atoms with van der Waals surface area (Å²) in [7, 11) is 2.01. The Bertz CT molecular complexity index is 371. The smallest absolute Gasteiger partial charge is 0.0423 e. The van der Waals surface area contributed by atoms with E-state index in [0.717, 1.165) is 6.54 Å². The summed E-state index contributed by atoms with van der Waals surface area (Å²) in [5.41, 5.74) is 2.81. The van der Waals surface area contributed by atoms with Crippen molar-refractivity contribution in [3.05, 3.63) is 28.2 Å². The topological polar surface area (TPSA) is 15.3 Å². The van der Waals surface area contributed by atoms with Gasteiger partial charge in [-0.15, -0.1) is 0 Å². The molecule has 2 rings (SSSR count). The summed E-state index contributed by atoms with van der Waals surface area (Å²) in [6.45, 7) is 3.35. The number of rotatable bonds is 3. The molecular weight excluding hydrogens is 288 g/mol. The number of hydrogen-bond donors (Lipinski definition) is 1. The highest BCUT2D eigenvalue weighted by molar-refractivity contribution is 9.10. The zero-order valence-corrected chi connectivity index (χ0v) is 12.8. The number of benzene rings is 1. The minimum absolute atomic E-state index is 0.944. The van der Waals surface area contributed by atoms with E-state index in [9.17, 15) is 0 Å². The number of nitrogens with one attached hydrogen (secondary N) is 1. The molecule has 0 bridgehead atoms. The van der Waals surface area contributed by atoms with Gasteiger partial charge in [-0.05, 0) is 37.6 Å². The lowest BCUT2D eigenvalue weighted by Crippen LogP contribution is -2.28. The lowest BCUT2D eigenvalue weighted by Gasteiger charge is -2.29. The van der Waals surface area contributed by atoms with E-state index in [1.807, 2.05) is 7.05 Å². The van der Waals surface area contributed by atoms with Crippen LogP contribution in [0.4, 0.5) is 5.69 Å². The second-order valence-corrected chi connectivity index (χ2v) is 5.97. The Balaban J connectivity index is 2.19. The third-order valence-corrected chi connectivity index (χ3v) is 4.10. The zero-order valence-electron chi connectivity index (χ0n) is 11.2. The Hall–Kier alpha value is -0.540. The standard InChI is InChI=1S/C15H23BrN2/c1-17-12-13-7-8-14(16)11-15(13)18-9-5-3-2-4-6-10-18/h7-8,11,17H,2-6,9-10,12H2,1H3. The van der Waals surface area contributed by atoms with E-state index < -0.39 is 0 Å². The van der Waals surface area contributed by atoms with Crippen molar-refractivity contribution < 1.29 is 0 Å². The quantitative estimate of drug-likeness (QED) is 0.909. The summed E-state index contributed by atoms with van der Waals surface area (Å²) in [6, 6.07) is 6.64. The van der Waals surface area contributed by atoms with Crippen molar-refractivity contribution in [1.29, 1.82) is 0 Å². The number of anilines is 1. The summed E-state index contributed by atoms with van der Waals surface area (Å²) >= 11 is 3.60. The molecule has 1 saturated heterocycles. The fraction of sp³-hybridized carbons (Fsp3) is 0.600. The van der Waals surface area contributed by atoms with Gasteiger partial charge in [0.25, 0.3) is 0 Å². The van der Waals surface area contributed by atoms with Crippen LogP contribution in [0.5, 0.6) is 0 Å². The maximum absolute atomic E-state index is 3.60. The summed E-state index contributed by atoms with van der Waals surface area (Å²) in [5.74, 6) is 0.